The molecule has 1 aromatic rings. The Kier molecular flexibility index (Phi) is 6.52. The molecular weight excluding hydrogens is 497 g/mol. The molecular formula is C25H31F3N2O5S. The van der Waals surface area contributed by atoms with Crippen molar-refractivity contribution < 1.29 is 36.5 Å². The molecule has 2 N–H and O–H groups in total. The lowest BCUT2D eigenvalue weighted by Crippen LogP contribution is -2.62. The number of allylic oxidation sites excluding steroid dienone is 1. The molecule has 11 heteroatoms. The zero-order chi connectivity index (χ0) is 25.9. The Morgan fingerprint density at radius 2 is 1.83 bits per heavy atom. The van der Waals surface area contributed by atoms with E-state index in [2.05, 4.69) is 9.64 Å². The van der Waals surface area contributed by atoms with Crippen LogP contribution < -0.4 is 0 Å². The van der Waals surface area contributed by atoms with Crippen LogP contribution in [0.3, 0.4) is 0 Å². The van der Waals surface area contributed by atoms with E-state index in [1.807, 2.05) is 6.07 Å². The van der Waals surface area contributed by atoms with Gasteiger partial charge in [0, 0.05) is 43.2 Å². The number of rotatable bonds is 5. The van der Waals surface area contributed by atoms with Crippen molar-refractivity contribution in [2.24, 2.45) is 5.92 Å². The number of halogens is 3. The van der Waals surface area contributed by atoms with Crippen LogP contribution in [-0.4, -0.2) is 71.3 Å². The van der Waals surface area contributed by atoms with Crippen molar-refractivity contribution in [3.8, 4) is 0 Å². The number of fused-ring (bicyclic) bond motifs is 3. The number of hydrogen-bond acceptors (Lipinski definition) is 6. The van der Waals surface area contributed by atoms with Crippen molar-refractivity contribution in [1.29, 1.82) is 0 Å². The van der Waals surface area contributed by atoms with Gasteiger partial charge in [-0.1, -0.05) is 30.7 Å². The SMILES string of the molecule is CC1(OC(F)(F)F)C=CC(N2CC3CCCC(C2)N3S(=O)(=O)c2cccc3c2CC(C(O)O)C3)=CC1. The summed E-state index contributed by atoms with van der Waals surface area (Å²) in [6, 6.07) is 4.65. The Bertz CT molecular complexity index is 1170. The quantitative estimate of drug-likeness (QED) is 0.571. The smallest absolute Gasteiger partial charge is 0.369 e. The highest BCUT2D eigenvalue weighted by molar-refractivity contribution is 7.89. The molecule has 2 aliphatic heterocycles. The summed E-state index contributed by atoms with van der Waals surface area (Å²) in [7, 11) is -3.83. The average Bonchev–Trinajstić information content (AvgIpc) is 3.22. The lowest BCUT2D eigenvalue weighted by molar-refractivity contribution is -0.355. The number of aliphatic hydroxyl groups excluding tert-OH is 1. The maximum Gasteiger partial charge on any atom is 0.523 e. The molecule has 0 radical (unpaired) electrons. The zero-order valence-electron chi connectivity index (χ0n) is 20.0. The van der Waals surface area contributed by atoms with Gasteiger partial charge in [0.2, 0.25) is 10.0 Å². The average molecular weight is 529 g/mol. The first-order valence-electron chi connectivity index (χ1n) is 12.3. The van der Waals surface area contributed by atoms with Gasteiger partial charge < -0.3 is 15.1 Å². The topological polar surface area (TPSA) is 90.3 Å². The largest absolute Gasteiger partial charge is 0.523 e. The first-order chi connectivity index (χ1) is 16.9. The van der Waals surface area contributed by atoms with Gasteiger partial charge >= 0.3 is 6.36 Å². The maximum atomic E-state index is 14.0. The monoisotopic (exact) mass is 528 g/mol. The van der Waals surface area contributed by atoms with Gasteiger partial charge in [0.05, 0.1) is 10.5 Å². The highest BCUT2D eigenvalue weighted by Gasteiger charge is 2.47. The molecule has 7 nitrogen and oxygen atoms in total. The standard InChI is InChI=1S/C25H31F3N2O5S/c1-24(35-25(26,27)28)10-8-18(9-11-24)29-14-19-5-3-6-20(15-29)30(19)36(33,34)22-7-2-4-16-12-17(23(31)32)13-21(16)22/h2,4,7-10,17,19-20,23,31-32H,3,5-6,11-15H2,1H3. The molecule has 4 unspecified atom stereocenters. The molecule has 0 amide bonds. The van der Waals surface area contributed by atoms with Crippen molar-refractivity contribution in [2.75, 3.05) is 13.1 Å². The Labute approximate surface area is 208 Å². The molecule has 2 saturated heterocycles. The molecule has 2 heterocycles. The number of aliphatic hydroxyl groups is 2. The summed E-state index contributed by atoms with van der Waals surface area (Å²) in [5.74, 6) is -0.426. The summed E-state index contributed by atoms with van der Waals surface area (Å²) in [4.78, 5) is 2.31. The molecule has 2 fully saturated rings. The summed E-state index contributed by atoms with van der Waals surface area (Å²) in [5, 5.41) is 19.3. The van der Waals surface area contributed by atoms with E-state index in [1.54, 1.807) is 28.6 Å². The Balaban J connectivity index is 1.36. The summed E-state index contributed by atoms with van der Waals surface area (Å²) in [6.07, 6.45) is 1.67. The minimum absolute atomic E-state index is 0.0697. The fraction of sp³-hybridized carbons (Fsp3) is 0.600. The highest BCUT2D eigenvalue weighted by atomic mass is 32.2. The number of benzene rings is 1. The van der Waals surface area contributed by atoms with Crippen LogP contribution >= 0.6 is 0 Å². The van der Waals surface area contributed by atoms with E-state index in [1.165, 1.54) is 13.0 Å². The third-order valence-corrected chi connectivity index (χ3v) is 9.94. The van der Waals surface area contributed by atoms with Crippen LogP contribution in [0.4, 0.5) is 13.2 Å². The molecule has 4 atom stereocenters. The summed E-state index contributed by atoms with van der Waals surface area (Å²) < 4.78 is 72.1. The molecule has 0 spiro atoms. The van der Waals surface area contributed by atoms with E-state index in [9.17, 15) is 31.8 Å². The van der Waals surface area contributed by atoms with E-state index >= 15 is 0 Å². The zero-order valence-corrected chi connectivity index (χ0v) is 20.8. The Hall–Kier alpha value is -1.92. The molecule has 2 bridgehead atoms. The predicted octanol–water partition coefficient (Wildman–Crippen LogP) is 3.08. The number of alkyl halides is 3. The molecule has 198 valence electrons. The van der Waals surface area contributed by atoms with Crippen LogP contribution in [0.2, 0.25) is 0 Å². The second-order valence-corrected chi connectivity index (χ2v) is 12.3. The number of sulfonamides is 1. The third kappa shape index (κ3) is 4.83. The Morgan fingerprint density at radius 1 is 1.14 bits per heavy atom. The fourth-order valence-electron chi connectivity index (χ4n) is 6.17. The number of hydrogen-bond donors (Lipinski definition) is 2. The molecule has 36 heavy (non-hydrogen) atoms. The van der Waals surface area contributed by atoms with Crippen molar-refractivity contribution in [2.45, 2.75) is 80.7 Å². The van der Waals surface area contributed by atoms with Crippen LogP contribution in [0.1, 0.15) is 43.7 Å². The van der Waals surface area contributed by atoms with Crippen LogP contribution in [-0.2, 0) is 27.6 Å². The van der Waals surface area contributed by atoms with Crippen molar-refractivity contribution in [3.63, 3.8) is 0 Å². The third-order valence-electron chi connectivity index (χ3n) is 7.85. The minimum Gasteiger partial charge on any atom is -0.369 e. The Morgan fingerprint density at radius 3 is 2.42 bits per heavy atom. The number of likely N-dealkylation sites (tertiary alicyclic amines) is 1. The molecule has 4 aliphatic rings. The van der Waals surface area contributed by atoms with Gasteiger partial charge in [-0.3, -0.25) is 4.74 Å². The van der Waals surface area contributed by atoms with Gasteiger partial charge in [-0.2, -0.15) is 4.31 Å². The van der Waals surface area contributed by atoms with Crippen molar-refractivity contribution >= 4 is 10.0 Å². The number of piperazine rings is 1. The molecule has 2 aliphatic carbocycles. The number of ether oxygens (including phenoxy) is 1. The normalized spacial score (nSPS) is 31.0. The second kappa shape index (κ2) is 9.13. The molecule has 0 saturated carbocycles. The number of nitrogens with zero attached hydrogens (tertiary/aromatic N) is 2. The minimum atomic E-state index is -4.73. The van der Waals surface area contributed by atoms with Gasteiger partial charge in [-0.25, -0.2) is 8.42 Å². The first-order valence-corrected chi connectivity index (χ1v) is 13.7. The van der Waals surface area contributed by atoms with E-state index < -0.39 is 34.2 Å². The van der Waals surface area contributed by atoms with Gasteiger partial charge in [-0.05, 0) is 55.9 Å². The van der Waals surface area contributed by atoms with Crippen LogP contribution in [0.15, 0.2) is 47.0 Å². The summed E-state index contributed by atoms with van der Waals surface area (Å²) >= 11 is 0. The highest BCUT2D eigenvalue weighted by Crippen LogP contribution is 2.40. The van der Waals surface area contributed by atoms with Gasteiger partial charge in [0.1, 0.15) is 0 Å². The van der Waals surface area contributed by atoms with Gasteiger partial charge in [0.15, 0.2) is 6.29 Å². The van der Waals surface area contributed by atoms with Crippen molar-refractivity contribution in [3.05, 3.63) is 53.3 Å². The van der Waals surface area contributed by atoms with E-state index in [0.29, 0.717) is 44.3 Å². The van der Waals surface area contributed by atoms with Gasteiger partial charge in [0.25, 0.3) is 0 Å². The van der Waals surface area contributed by atoms with Crippen molar-refractivity contribution in [1.82, 2.24) is 9.21 Å². The molecule has 0 aromatic heterocycles. The maximum absolute atomic E-state index is 14.0. The second-order valence-electron chi connectivity index (χ2n) is 10.5. The van der Waals surface area contributed by atoms with E-state index in [4.69, 9.17) is 0 Å². The molecule has 5 rings (SSSR count). The first kappa shape index (κ1) is 25.7. The lowest BCUT2D eigenvalue weighted by atomic mass is 9.91. The van der Waals surface area contributed by atoms with Crippen LogP contribution in [0, 0.1) is 5.92 Å². The van der Waals surface area contributed by atoms with Crippen LogP contribution in [0.25, 0.3) is 0 Å². The van der Waals surface area contributed by atoms with E-state index in [-0.39, 0.29) is 23.4 Å². The molecule has 1 aromatic carbocycles. The van der Waals surface area contributed by atoms with E-state index in [0.717, 1.165) is 17.7 Å². The fourth-order valence-corrected chi connectivity index (χ4v) is 8.30. The summed E-state index contributed by atoms with van der Waals surface area (Å²) in [6.45, 7) is 2.30. The van der Waals surface area contributed by atoms with Gasteiger partial charge in [-0.15, -0.1) is 13.2 Å². The predicted molar refractivity (Wildman–Crippen MR) is 125 cm³/mol. The lowest BCUT2D eigenvalue weighted by Gasteiger charge is -2.50. The number of piperidine rings is 1. The van der Waals surface area contributed by atoms with Crippen LogP contribution in [0.5, 0.6) is 0 Å². The summed E-state index contributed by atoms with van der Waals surface area (Å²) in [5.41, 5.74) is 0.821.